The van der Waals surface area contributed by atoms with Crippen LogP contribution in [-0.2, 0) is 10.0 Å². The molecule has 4 nitrogen and oxygen atoms in total. The molecule has 0 aliphatic carbocycles. The molecule has 3 rings (SSSR count). The Kier molecular flexibility index (Phi) is 3.88. The number of nitrogens with zero attached hydrogens (tertiary/aromatic N) is 1. The van der Waals surface area contributed by atoms with E-state index in [2.05, 4.69) is 9.62 Å². The predicted octanol–water partition coefficient (Wildman–Crippen LogP) is 2.69. The molecule has 0 saturated carbocycles. The lowest BCUT2D eigenvalue weighted by molar-refractivity contribution is 0.528. The Bertz CT molecular complexity index is 775. The Morgan fingerprint density at radius 1 is 1.14 bits per heavy atom. The Hall–Kier alpha value is -1.92. The van der Waals surface area contributed by atoms with Crippen LogP contribution < -0.4 is 9.62 Å². The second kappa shape index (κ2) is 5.70. The molecule has 0 fully saturated rings. The molecule has 1 aliphatic heterocycles. The fraction of sp³-hybridized carbons (Fsp3) is 0.250. The Balaban J connectivity index is 1.90. The monoisotopic (exact) mass is 320 g/mol. The van der Waals surface area contributed by atoms with Gasteiger partial charge in [0.05, 0.1) is 10.9 Å². The first-order valence-electron chi connectivity index (χ1n) is 7.05. The summed E-state index contributed by atoms with van der Waals surface area (Å²) in [5.41, 5.74) is 1.99. The molecule has 0 amide bonds. The third-order valence-corrected chi connectivity index (χ3v) is 5.39. The number of halogens is 1. The SMILES string of the molecule is CN1CCC(NS(=O)(=O)c2ccc(F)cc2)c2ccccc21. The van der Waals surface area contributed by atoms with Crippen LogP contribution in [0.25, 0.3) is 0 Å². The van der Waals surface area contributed by atoms with E-state index in [0.717, 1.165) is 29.9 Å². The molecule has 0 bridgehead atoms. The highest BCUT2D eigenvalue weighted by Gasteiger charge is 2.27. The molecule has 2 aromatic rings. The van der Waals surface area contributed by atoms with Gasteiger partial charge in [0.15, 0.2) is 0 Å². The first kappa shape index (κ1) is 15.0. The number of sulfonamides is 1. The minimum absolute atomic E-state index is 0.0744. The molecule has 2 aromatic carbocycles. The van der Waals surface area contributed by atoms with Crippen LogP contribution in [0.5, 0.6) is 0 Å². The third-order valence-electron chi connectivity index (χ3n) is 3.90. The van der Waals surface area contributed by atoms with Crippen molar-refractivity contribution in [2.24, 2.45) is 0 Å². The molecule has 0 saturated heterocycles. The van der Waals surface area contributed by atoms with E-state index < -0.39 is 15.8 Å². The molecule has 1 aliphatic rings. The minimum atomic E-state index is -3.67. The smallest absolute Gasteiger partial charge is 0.241 e. The summed E-state index contributed by atoms with van der Waals surface area (Å²) >= 11 is 0. The lowest BCUT2D eigenvalue weighted by Gasteiger charge is -2.33. The van der Waals surface area contributed by atoms with E-state index in [1.165, 1.54) is 12.1 Å². The van der Waals surface area contributed by atoms with E-state index in [0.29, 0.717) is 6.42 Å². The van der Waals surface area contributed by atoms with Crippen molar-refractivity contribution in [2.75, 3.05) is 18.5 Å². The van der Waals surface area contributed by atoms with Crippen LogP contribution in [0.15, 0.2) is 53.4 Å². The van der Waals surface area contributed by atoms with Crippen LogP contribution in [0, 0.1) is 5.82 Å². The number of hydrogen-bond donors (Lipinski definition) is 1. The van der Waals surface area contributed by atoms with Gasteiger partial charge < -0.3 is 4.90 Å². The van der Waals surface area contributed by atoms with E-state index in [1.54, 1.807) is 0 Å². The number of fused-ring (bicyclic) bond motifs is 1. The van der Waals surface area contributed by atoms with Gasteiger partial charge >= 0.3 is 0 Å². The summed E-state index contributed by atoms with van der Waals surface area (Å²) in [5.74, 6) is -0.455. The first-order chi connectivity index (χ1) is 10.5. The zero-order chi connectivity index (χ0) is 15.7. The molecule has 116 valence electrons. The van der Waals surface area contributed by atoms with E-state index in [9.17, 15) is 12.8 Å². The average molecular weight is 320 g/mol. The standard InChI is InChI=1S/C16H17FN2O2S/c1-19-11-10-15(14-4-2-3-5-16(14)19)18-22(20,21)13-8-6-12(17)7-9-13/h2-9,15,18H,10-11H2,1H3. The topological polar surface area (TPSA) is 49.4 Å². The van der Waals surface area contributed by atoms with E-state index in [1.807, 2.05) is 31.3 Å². The molecule has 1 heterocycles. The van der Waals surface area contributed by atoms with Gasteiger partial charge in [-0.05, 0) is 42.3 Å². The molecule has 0 radical (unpaired) electrons. The van der Waals surface area contributed by atoms with E-state index in [4.69, 9.17) is 0 Å². The summed E-state index contributed by atoms with van der Waals surface area (Å²) in [6.45, 7) is 0.771. The summed E-state index contributed by atoms with van der Waals surface area (Å²) in [6, 6.07) is 12.3. The lowest BCUT2D eigenvalue weighted by Crippen LogP contribution is -2.36. The fourth-order valence-electron chi connectivity index (χ4n) is 2.72. The van der Waals surface area contributed by atoms with Crippen LogP contribution in [0.2, 0.25) is 0 Å². The summed E-state index contributed by atoms with van der Waals surface area (Å²) in [4.78, 5) is 2.18. The largest absolute Gasteiger partial charge is 0.374 e. The summed E-state index contributed by atoms with van der Waals surface area (Å²) < 4.78 is 40.6. The molecule has 1 atom stereocenters. The Morgan fingerprint density at radius 3 is 2.55 bits per heavy atom. The minimum Gasteiger partial charge on any atom is -0.374 e. The van der Waals surface area contributed by atoms with E-state index >= 15 is 0 Å². The highest BCUT2D eigenvalue weighted by molar-refractivity contribution is 7.89. The second-order valence-corrected chi connectivity index (χ2v) is 7.11. The Morgan fingerprint density at radius 2 is 1.82 bits per heavy atom. The molecule has 1 N–H and O–H groups in total. The van der Waals surface area contributed by atoms with Crippen molar-refractivity contribution in [1.29, 1.82) is 0 Å². The van der Waals surface area contributed by atoms with Crippen molar-refractivity contribution in [2.45, 2.75) is 17.4 Å². The maximum Gasteiger partial charge on any atom is 0.241 e. The maximum absolute atomic E-state index is 13.0. The molecule has 22 heavy (non-hydrogen) atoms. The highest BCUT2D eigenvalue weighted by atomic mass is 32.2. The first-order valence-corrected chi connectivity index (χ1v) is 8.54. The average Bonchev–Trinajstić information content (AvgIpc) is 2.51. The normalized spacial score (nSPS) is 18.1. The number of benzene rings is 2. The third kappa shape index (κ3) is 2.84. The van der Waals surface area contributed by atoms with Gasteiger partial charge in [-0.2, -0.15) is 0 Å². The molecule has 0 aromatic heterocycles. The van der Waals surface area contributed by atoms with Crippen LogP contribution in [0.1, 0.15) is 18.0 Å². The molecular weight excluding hydrogens is 303 g/mol. The Labute approximate surface area is 129 Å². The lowest BCUT2D eigenvalue weighted by atomic mass is 9.98. The van der Waals surface area contributed by atoms with Gasteiger partial charge in [-0.1, -0.05) is 18.2 Å². The highest BCUT2D eigenvalue weighted by Crippen LogP contribution is 2.33. The predicted molar refractivity (Wildman–Crippen MR) is 83.8 cm³/mol. The summed E-state index contributed by atoms with van der Waals surface area (Å²) in [6.07, 6.45) is 0.688. The van der Waals surface area contributed by atoms with Gasteiger partial charge in [-0.25, -0.2) is 17.5 Å². The number of rotatable bonds is 3. The maximum atomic E-state index is 13.0. The molecule has 6 heteroatoms. The summed E-state index contributed by atoms with van der Waals surface area (Å²) in [5, 5.41) is 0. The summed E-state index contributed by atoms with van der Waals surface area (Å²) in [7, 11) is -1.68. The quantitative estimate of drug-likeness (QED) is 0.946. The van der Waals surface area contributed by atoms with Gasteiger partial charge in [0.25, 0.3) is 0 Å². The number of nitrogens with one attached hydrogen (secondary N) is 1. The molecule has 0 spiro atoms. The molecule has 1 unspecified atom stereocenters. The van der Waals surface area contributed by atoms with Crippen molar-refractivity contribution < 1.29 is 12.8 Å². The number of anilines is 1. The molecular formula is C16H17FN2O2S. The van der Waals surface area contributed by atoms with Gasteiger partial charge in [-0.3, -0.25) is 0 Å². The van der Waals surface area contributed by atoms with Crippen LogP contribution in [0.3, 0.4) is 0 Å². The van der Waals surface area contributed by atoms with Gasteiger partial charge in [-0.15, -0.1) is 0 Å². The van der Waals surface area contributed by atoms with Gasteiger partial charge in [0.2, 0.25) is 10.0 Å². The second-order valence-electron chi connectivity index (χ2n) is 5.40. The van der Waals surface area contributed by atoms with Gasteiger partial charge in [0, 0.05) is 19.3 Å². The van der Waals surface area contributed by atoms with Crippen molar-refractivity contribution in [3.05, 3.63) is 59.9 Å². The zero-order valence-electron chi connectivity index (χ0n) is 12.2. The van der Waals surface area contributed by atoms with Crippen molar-refractivity contribution in [3.63, 3.8) is 0 Å². The van der Waals surface area contributed by atoms with Gasteiger partial charge in [0.1, 0.15) is 5.82 Å². The van der Waals surface area contributed by atoms with Crippen LogP contribution >= 0.6 is 0 Å². The van der Waals surface area contributed by atoms with Crippen molar-refractivity contribution >= 4 is 15.7 Å². The van der Waals surface area contributed by atoms with Crippen molar-refractivity contribution in [3.8, 4) is 0 Å². The van der Waals surface area contributed by atoms with Crippen LogP contribution in [0.4, 0.5) is 10.1 Å². The van der Waals surface area contributed by atoms with E-state index in [-0.39, 0.29) is 10.9 Å². The number of hydrogen-bond acceptors (Lipinski definition) is 3. The van der Waals surface area contributed by atoms with Crippen molar-refractivity contribution in [1.82, 2.24) is 4.72 Å². The van der Waals surface area contributed by atoms with Crippen LogP contribution in [-0.4, -0.2) is 22.0 Å². The fourth-order valence-corrected chi connectivity index (χ4v) is 3.97. The number of para-hydroxylation sites is 1. The zero-order valence-corrected chi connectivity index (χ0v) is 13.0.